The van der Waals surface area contributed by atoms with Crippen LogP contribution in [0, 0.1) is 17.8 Å². The number of nitrogens with zero attached hydrogens (tertiary/aromatic N) is 1. The summed E-state index contributed by atoms with van der Waals surface area (Å²) in [5.41, 5.74) is 6.21. The molecule has 7 heteroatoms. The monoisotopic (exact) mass is 435 g/mol. The first-order valence-electron chi connectivity index (χ1n) is 11.1. The predicted molar refractivity (Wildman–Crippen MR) is 118 cm³/mol. The lowest BCUT2D eigenvalue weighted by molar-refractivity contribution is -0.137. The van der Waals surface area contributed by atoms with Crippen LogP contribution in [0.4, 0.5) is 0 Å². The van der Waals surface area contributed by atoms with Gasteiger partial charge in [-0.1, -0.05) is 24.6 Å². The lowest BCUT2D eigenvalue weighted by Crippen LogP contribution is -2.55. The number of carbonyl (C=O) groups is 2. The highest BCUT2D eigenvalue weighted by atomic mass is 35.5. The Morgan fingerprint density at radius 1 is 1.03 bits per heavy atom. The summed E-state index contributed by atoms with van der Waals surface area (Å²) < 4.78 is 5.57. The van der Waals surface area contributed by atoms with Crippen molar-refractivity contribution < 1.29 is 14.3 Å². The Bertz CT molecular complexity index is 695. The van der Waals surface area contributed by atoms with Crippen molar-refractivity contribution in [3.05, 3.63) is 30.3 Å². The van der Waals surface area contributed by atoms with E-state index in [1.807, 2.05) is 35.2 Å². The van der Waals surface area contributed by atoms with Gasteiger partial charge in [-0.05, 0) is 62.5 Å². The average Bonchev–Trinajstić information content (AvgIpc) is 2.73. The highest BCUT2D eigenvalue weighted by Gasteiger charge is 2.41. The number of carbonyl (C=O) groups excluding carboxylic acids is 2. The molecule has 2 atom stereocenters. The van der Waals surface area contributed by atoms with Crippen LogP contribution in [0.1, 0.15) is 44.9 Å². The molecule has 6 nitrogen and oxygen atoms in total. The summed E-state index contributed by atoms with van der Waals surface area (Å²) in [6.07, 6.45) is 7.16. The molecule has 3 N–H and O–H groups in total. The van der Waals surface area contributed by atoms with Gasteiger partial charge in [0, 0.05) is 31.1 Å². The number of amides is 2. The fraction of sp³-hybridized carbons (Fsp3) is 0.652. The second-order valence-corrected chi connectivity index (χ2v) is 8.97. The molecule has 30 heavy (non-hydrogen) atoms. The van der Waals surface area contributed by atoms with Gasteiger partial charge in [0.25, 0.3) is 5.91 Å². The van der Waals surface area contributed by atoms with E-state index in [2.05, 4.69) is 5.32 Å². The fourth-order valence-electron chi connectivity index (χ4n) is 5.45. The van der Waals surface area contributed by atoms with Gasteiger partial charge in [0.15, 0.2) is 6.61 Å². The van der Waals surface area contributed by atoms with E-state index in [1.54, 1.807) is 0 Å². The molecule has 0 radical (unpaired) electrons. The highest BCUT2D eigenvalue weighted by molar-refractivity contribution is 5.85. The molecule has 166 valence electrons. The van der Waals surface area contributed by atoms with Gasteiger partial charge in [-0.15, -0.1) is 12.4 Å². The van der Waals surface area contributed by atoms with Crippen molar-refractivity contribution in [3.63, 3.8) is 0 Å². The topological polar surface area (TPSA) is 84.7 Å². The number of para-hydroxylation sites is 1. The number of hydrogen-bond donors (Lipinski definition) is 2. The summed E-state index contributed by atoms with van der Waals surface area (Å²) in [4.78, 5) is 27.1. The van der Waals surface area contributed by atoms with E-state index in [4.69, 9.17) is 10.5 Å². The van der Waals surface area contributed by atoms with Crippen molar-refractivity contribution in [1.82, 2.24) is 10.2 Å². The normalized spacial score (nSPS) is 28.9. The zero-order valence-corrected chi connectivity index (χ0v) is 18.3. The zero-order valence-electron chi connectivity index (χ0n) is 17.5. The number of halogens is 1. The van der Waals surface area contributed by atoms with E-state index < -0.39 is 0 Å². The number of likely N-dealkylation sites (tertiary alicyclic amines) is 1. The van der Waals surface area contributed by atoms with Crippen molar-refractivity contribution in [2.75, 3.05) is 19.7 Å². The standard InChI is InChI=1S/C23H33N3O3.ClH/c24-19-13-17-5-4-6-18(14-19)22(17)25-23(28)16-9-11-26(12-10-16)21(27)15-29-20-7-2-1-3-8-20;/h1-3,7-8,16-19,22H,4-6,9-15,24H2,(H,25,28);1H. The molecule has 2 amide bonds. The third-order valence-corrected chi connectivity index (χ3v) is 7.01. The van der Waals surface area contributed by atoms with Crippen molar-refractivity contribution in [2.45, 2.75) is 57.0 Å². The number of ether oxygens (including phenoxy) is 1. The molecular weight excluding hydrogens is 402 g/mol. The van der Waals surface area contributed by atoms with Crippen molar-refractivity contribution in [2.24, 2.45) is 23.5 Å². The summed E-state index contributed by atoms with van der Waals surface area (Å²) in [6.45, 7) is 1.29. The summed E-state index contributed by atoms with van der Waals surface area (Å²) in [5.74, 6) is 1.95. The highest BCUT2D eigenvalue weighted by Crippen LogP contribution is 2.40. The first kappa shape index (κ1) is 22.9. The molecule has 1 aliphatic heterocycles. The molecule has 0 aromatic heterocycles. The van der Waals surface area contributed by atoms with Crippen LogP contribution >= 0.6 is 12.4 Å². The Kier molecular flexibility index (Phi) is 8.00. The van der Waals surface area contributed by atoms with Gasteiger partial charge < -0.3 is 20.7 Å². The number of nitrogens with one attached hydrogen (secondary N) is 1. The van der Waals surface area contributed by atoms with E-state index in [-0.39, 0.29) is 36.7 Å². The molecule has 1 heterocycles. The second kappa shape index (κ2) is 10.5. The molecule has 1 saturated heterocycles. The molecule has 2 bridgehead atoms. The van der Waals surface area contributed by atoms with Gasteiger partial charge in [-0.3, -0.25) is 9.59 Å². The zero-order chi connectivity index (χ0) is 20.2. The Morgan fingerprint density at radius 3 is 2.30 bits per heavy atom. The number of hydrogen-bond acceptors (Lipinski definition) is 4. The van der Waals surface area contributed by atoms with E-state index in [9.17, 15) is 9.59 Å². The van der Waals surface area contributed by atoms with Crippen LogP contribution < -0.4 is 15.8 Å². The van der Waals surface area contributed by atoms with Crippen LogP contribution in [-0.2, 0) is 9.59 Å². The minimum absolute atomic E-state index is 0. The van der Waals surface area contributed by atoms with E-state index >= 15 is 0 Å². The molecule has 2 saturated carbocycles. The maximum Gasteiger partial charge on any atom is 0.260 e. The summed E-state index contributed by atoms with van der Waals surface area (Å²) >= 11 is 0. The van der Waals surface area contributed by atoms with Crippen LogP contribution in [0.15, 0.2) is 30.3 Å². The van der Waals surface area contributed by atoms with Crippen molar-refractivity contribution in [1.29, 1.82) is 0 Å². The van der Waals surface area contributed by atoms with Crippen molar-refractivity contribution in [3.8, 4) is 5.75 Å². The molecule has 3 aliphatic rings. The maximum atomic E-state index is 12.9. The van der Waals surface area contributed by atoms with E-state index in [0.29, 0.717) is 42.8 Å². The third kappa shape index (κ3) is 5.46. The minimum Gasteiger partial charge on any atom is -0.484 e. The van der Waals surface area contributed by atoms with E-state index in [0.717, 1.165) is 25.7 Å². The maximum absolute atomic E-state index is 12.9. The number of nitrogens with two attached hydrogens (primary N) is 1. The van der Waals surface area contributed by atoms with Crippen LogP contribution in [0.3, 0.4) is 0 Å². The smallest absolute Gasteiger partial charge is 0.260 e. The van der Waals surface area contributed by atoms with Crippen LogP contribution in [-0.4, -0.2) is 48.5 Å². The van der Waals surface area contributed by atoms with Gasteiger partial charge in [0.2, 0.25) is 5.91 Å². The molecule has 1 aromatic rings. The van der Waals surface area contributed by atoms with Gasteiger partial charge >= 0.3 is 0 Å². The third-order valence-electron chi connectivity index (χ3n) is 7.01. The number of piperidine rings is 1. The molecule has 2 aliphatic carbocycles. The lowest BCUT2D eigenvalue weighted by atomic mass is 9.67. The summed E-state index contributed by atoms with van der Waals surface area (Å²) in [7, 11) is 0. The molecule has 1 aromatic carbocycles. The van der Waals surface area contributed by atoms with E-state index in [1.165, 1.54) is 19.3 Å². The molecule has 2 unspecified atom stereocenters. The summed E-state index contributed by atoms with van der Waals surface area (Å²) in [5, 5.41) is 3.38. The molecule has 0 spiro atoms. The first-order valence-corrected chi connectivity index (χ1v) is 11.1. The van der Waals surface area contributed by atoms with Gasteiger partial charge in [-0.25, -0.2) is 0 Å². The predicted octanol–water partition coefficient (Wildman–Crippen LogP) is 2.75. The Hall–Kier alpha value is -1.79. The fourth-order valence-corrected chi connectivity index (χ4v) is 5.45. The largest absolute Gasteiger partial charge is 0.484 e. The number of fused-ring (bicyclic) bond motifs is 2. The van der Waals surface area contributed by atoms with Gasteiger partial charge in [0.05, 0.1) is 0 Å². The molecular formula is C23H34ClN3O3. The lowest BCUT2D eigenvalue weighted by Gasteiger charge is -2.45. The summed E-state index contributed by atoms with van der Waals surface area (Å²) in [6, 6.07) is 9.98. The van der Waals surface area contributed by atoms with Gasteiger partial charge in [0.1, 0.15) is 5.75 Å². The Labute approximate surface area is 185 Å². The SMILES string of the molecule is Cl.NC1CC2CCCC(C1)C2NC(=O)C1CCN(C(=O)COc2ccccc2)CC1. The van der Waals surface area contributed by atoms with Gasteiger partial charge in [-0.2, -0.15) is 0 Å². The average molecular weight is 436 g/mol. The number of benzene rings is 1. The Morgan fingerprint density at radius 2 is 1.67 bits per heavy atom. The Balaban J connectivity index is 0.00000256. The molecule has 3 fully saturated rings. The second-order valence-electron chi connectivity index (χ2n) is 8.97. The van der Waals surface area contributed by atoms with Crippen molar-refractivity contribution >= 4 is 24.2 Å². The van der Waals surface area contributed by atoms with Crippen LogP contribution in [0.25, 0.3) is 0 Å². The quantitative estimate of drug-likeness (QED) is 0.744. The number of rotatable bonds is 5. The van der Waals surface area contributed by atoms with Crippen LogP contribution in [0.2, 0.25) is 0 Å². The minimum atomic E-state index is -0.0106. The molecule has 4 rings (SSSR count). The van der Waals surface area contributed by atoms with Crippen LogP contribution in [0.5, 0.6) is 5.75 Å². The first-order chi connectivity index (χ1) is 14.1.